The highest BCUT2D eigenvalue weighted by Gasteiger charge is 2.25. The molecule has 132 valence electrons. The number of hydrogen-bond donors (Lipinski definition) is 3. The maximum Gasteiger partial charge on any atom is 0.251 e. The number of rotatable bonds is 7. The van der Waals surface area contributed by atoms with Gasteiger partial charge in [0.05, 0.1) is 0 Å². The second kappa shape index (κ2) is 8.83. The minimum Gasteiger partial charge on any atom is -0.354 e. The van der Waals surface area contributed by atoms with Crippen molar-refractivity contribution in [2.24, 2.45) is 11.8 Å². The molecule has 24 heavy (non-hydrogen) atoms. The molecule has 0 spiro atoms. The van der Waals surface area contributed by atoms with Crippen LogP contribution in [0.4, 0.5) is 0 Å². The van der Waals surface area contributed by atoms with Gasteiger partial charge in [0.15, 0.2) is 0 Å². The van der Waals surface area contributed by atoms with Gasteiger partial charge in [0, 0.05) is 12.1 Å². The van der Waals surface area contributed by atoms with Crippen molar-refractivity contribution in [3.63, 3.8) is 0 Å². The number of hydrogen-bond acceptors (Lipinski definition) is 3. The summed E-state index contributed by atoms with van der Waals surface area (Å²) in [6.45, 7) is 8.60. The fraction of sp³-hybridized carbons (Fsp3) is 0.579. The van der Waals surface area contributed by atoms with Crippen LogP contribution in [0.15, 0.2) is 24.3 Å². The Morgan fingerprint density at radius 1 is 1.33 bits per heavy atom. The topological polar surface area (TPSA) is 70.2 Å². The average molecular weight is 331 g/mol. The van der Waals surface area contributed by atoms with E-state index in [4.69, 9.17) is 0 Å². The van der Waals surface area contributed by atoms with Gasteiger partial charge in [-0.3, -0.25) is 9.59 Å². The molecular weight excluding hydrogens is 302 g/mol. The van der Waals surface area contributed by atoms with Gasteiger partial charge in [-0.05, 0) is 56.8 Å². The van der Waals surface area contributed by atoms with Crippen LogP contribution in [0.3, 0.4) is 0 Å². The highest BCUT2D eigenvalue weighted by Crippen LogP contribution is 2.11. The molecule has 0 aromatic heterocycles. The van der Waals surface area contributed by atoms with Crippen LogP contribution in [0.1, 0.15) is 42.6 Å². The summed E-state index contributed by atoms with van der Waals surface area (Å²) in [5, 5.41) is 9.18. The fourth-order valence-corrected chi connectivity index (χ4v) is 3.02. The number of carbonyl (C=O) groups is 2. The smallest absolute Gasteiger partial charge is 0.251 e. The van der Waals surface area contributed by atoms with Crippen molar-refractivity contribution >= 4 is 11.8 Å². The minimum absolute atomic E-state index is 0.0342. The molecule has 2 rings (SSSR count). The van der Waals surface area contributed by atoms with E-state index in [1.165, 1.54) is 6.42 Å². The molecule has 1 saturated heterocycles. The fourth-order valence-electron chi connectivity index (χ4n) is 3.02. The molecule has 0 bridgehead atoms. The maximum atomic E-state index is 12.5. The Balaban J connectivity index is 1.87. The van der Waals surface area contributed by atoms with E-state index in [0.717, 1.165) is 25.1 Å². The quantitative estimate of drug-likeness (QED) is 0.714. The van der Waals surface area contributed by atoms with Crippen LogP contribution < -0.4 is 16.0 Å². The Bertz CT molecular complexity index is 565. The molecule has 2 unspecified atom stereocenters. The van der Waals surface area contributed by atoms with E-state index < -0.39 is 6.04 Å². The summed E-state index contributed by atoms with van der Waals surface area (Å²) in [6.07, 6.45) is 2.16. The van der Waals surface area contributed by atoms with Gasteiger partial charge in [0.1, 0.15) is 6.04 Å². The summed E-state index contributed by atoms with van der Waals surface area (Å²) in [6, 6.07) is 6.88. The van der Waals surface area contributed by atoms with E-state index in [1.54, 1.807) is 6.07 Å². The Morgan fingerprint density at radius 3 is 2.75 bits per heavy atom. The molecule has 2 amide bonds. The van der Waals surface area contributed by atoms with E-state index in [-0.39, 0.29) is 17.7 Å². The number of amides is 2. The Kier molecular flexibility index (Phi) is 6.79. The molecule has 2 atom stereocenters. The van der Waals surface area contributed by atoms with Gasteiger partial charge in [0.2, 0.25) is 5.91 Å². The monoisotopic (exact) mass is 331 g/mol. The number of nitrogens with one attached hydrogen (secondary N) is 3. The molecule has 5 nitrogen and oxygen atoms in total. The van der Waals surface area contributed by atoms with E-state index in [0.29, 0.717) is 18.0 Å². The third-order valence-corrected chi connectivity index (χ3v) is 4.53. The van der Waals surface area contributed by atoms with Crippen LogP contribution in [-0.4, -0.2) is 37.5 Å². The molecule has 0 radical (unpaired) electrons. The summed E-state index contributed by atoms with van der Waals surface area (Å²) >= 11 is 0. The van der Waals surface area contributed by atoms with E-state index in [1.807, 2.05) is 39.0 Å². The summed E-state index contributed by atoms with van der Waals surface area (Å²) < 4.78 is 0. The molecule has 1 aromatic rings. The van der Waals surface area contributed by atoms with Crippen molar-refractivity contribution in [1.82, 2.24) is 16.0 Å². The van der Waals surface area contributed by atoms with Crippen molar-refractivity contribution in [2.75, 3.05) is 19.6 Å². The van der Waals surface area contributed by atoms with Gasteiger partial charge in [-0.2, -0.15) is 0 Å². The predicted molar refractivity (Wildman–Crippen MR) is 95.9 cm³/mol. The minimum atomic E-state index is -0.514. The molecule has 3 N–H and O–H groups in total. The van der Waals surface area contributed by atoms with Crippen molar-refractivity contribution in [3.05, 3.63) is 35.4 Å². The van der Waals surface area contributed by atoms with Crippen molar-refractivity contribution < 1.29 is 9.59 Å². The van der Waals surface area contributed by atoms with E-state index >= 15 is 0 Å². The number of carbonyl (C=O) groups excluding carboxylic acids is 2. The lowest BCUT2D eigenvalue weighted by atomic mass is 10.0. The Hall–Kier alpha value is -1.88. The Morgan fingerprint density at radius 2 is 2.12 bits per heavy atom. The van der Waals surface area contributed by atoms with Crippen molar-refractivity contribution in [1.29, 1.82) is 0 Å². The number of aryl methyl sites for hydroxylation is 1. The van der Waals surface area contributed by atoms with Gasteiger partial charge < -0.3 is 16.0 Å². The summed E-state index contributed by atoms with van der Waals surface area (Å²) in [7, 11) is 0. The molecule has 0 saturated carbocycles. The van der Waals surface area contributed by atoms with Crippen LogP contribution in [-0.2, 0) is 4.79 Å². The molecule has 1 fully saturated rings. The SMILES string of the molecule is Cc1cccc(C(=O)NC(C(=O)NCCC2CCNC2)C(C)C)c1. The van der Waals surface area contributed by atoms with Gasteiger partial charge in [0.25, 0.3) is 5.91 Å². The zero-order valence-corrected chi connectivity index (χ0v) is 14.9. The lowest BCUT2D eigenvalue weighted by Crippen LogP contribution is -2.50. The molecule has 1 aliphatic rings. The zero-order chi connectivity index (χ0) is 17.5. The molecule has 0 aliphatic carbocycles. The van der Waals surface area contributed by atoms with Crippen LogP contribution >= 0.6 is 0 Å². The van der Waals surface area contributed by atoms with Crippen LogP contribution in [0.2, 0.25) is 0 Å². The largest absolute Gasteiger partial charge is 0.354 e. The van der Waals surface area contributed by atoms with Gasteiger partial charge in [-0.25, -0.2) is 0 Å². The third kappa shape index (κ3) is 5.34. The van der Waals surface area contributed by atoms with E-state index in [2.05, 4.69) is 16.0 Å². The van der Waals surface area contributed by atoms with Crippen molar-refractivity contribution in [3.8, 4) is 0 Å². The first-order chi connectivity index (χ1) is 11.5. The van der Waals surface area contributed by atoms with E-state index in [9.17, 15) is 9.59 Å². The van der Waals surface area contributed by atoms with Crippen LogP contribution in [0, 0.1) is 18.8 Å². The Labute approximate surface area is 144 Å². The summed E-state index contributed by atoms with van der Waals surface area (Å²) in [5.74, 6) is 0.376. The number of benzene rings is 1. The molecule has 5 heteroatoms. The average Bonchev–Trinajstić information content (AvgIpc) is 3.05. The summed E-state index contributed by atoms with van der Waals surface area (Å²) in [5.41, 5.74) is 1.61. The van der Waals surface area contributed by atoms with Crippen LogP contribution in [0.5, 0.6) is 0 Å². The van der Waals surface area contributed by atoms with Crippen molar-refractivity contribution in [2.45, 2.75) is 39.7 Å². The highest BCUT2D eigenvalue weighted by atomic mass is 16.2. The standard InChI is InChI=1S/C19H29N3O2/c1-13(2)17(19(24)21-10-8-15-7-9-20-12-15)22-18(23)16-6-4-5-14(3)11-16/h4-6,11,13,15,17,20H,7-10,12H2,1-3H3,(H,21,24)(H,22,23). The molecular formula is C19H29N3O2. The molecule has 1 heterocycles. The first-order valence-electron chi connectivity index (χ1n) is 8.83. The first-order valence-corrected chi connectivity index (χ1v) is 8.83. The second-order valence-corrected chi connectivity index (χ2v) is 7.00. The first kappa shape index (κ1) is 18.5. The van der Waals surface area contributed by atoms with Gasteiger partial charge in [-0.1, -0.05) is 31.5 Å². The molecule has 1 aliphatic heterocycles. The predicted octanol–water partition coefficient (Wildman–Crippen LogP) is 1.87. The molecule has 1 aromatic carbocycles. The lowest BCUT2D eigenvalue weighted by Gasteiger charge is -2.22. The third-order valence-electron chi connectivity index (χ3n) is 4.53. The van der Waals surface area contributed by atoms with Crippen LogP contribution in [0.25, 0.3) is 0 Å². The maximum absolute atomic E-state index is 12.5. The zero-order valence-electron chi connectivity index (χ0n) is 14.9. The second-order valence-electron chi connectivity index (χ2n) is 7.00. The highest BCUT2D eigenvalue weighted by molar-refractivity contribution is 5.97. The van der Waals surface area contributed by atoms with Gasteiger partial charge >= 0.3 is 0 Å². The normalized spacial score (nSPS) is 18.4. The van der Waals surface area contributed by atoms with Gasteiger partial charge in [-0.15, -0.1) is 0 Å². The lowest BCUT2D eigenvalue weighted by molar-refractivity contribution is -0.123. The summed E-state index contributed by atoms with van der Waals surface area (Å²) in [4.78, 5) is 24.9.